The molecular weight excluding hydrogens is 480 g/mol. The highest BCUT2D eigenvalue weighted by Gasteiger charge is 2.34. The topological polar surface area (TPSA) is 111 Å². The first-order valence-corrected chi connectivity index (χ1v) is 13.1. The predicted molar refractivity (Wildman–Crippen MR) is 136 cm³/mol. The summed E-state index contributed by atoms with van der Waals surface area (Å²) < 4.78 is 34.8. The van der Waals surface area contributed by atoms with Crippen molar-refractivity contribution in [1.29, 1.82) is 0 Å². The van der Waals surface area contributed by atoms with Gasteiger partial charge in [-0.2, -0.15) is 4.31 Å². The van der Waals surface area contributed by atoms with E-state index in [4.69, 9.17) is 4.42 Å². The molecule has 0 aliphatic heterocycles. The zero-order chi connectivity index (χ0) is 25.6. The normalized spacial score (nSPS) is 13.4. The van der Waals surface area contributed by atoms with Crippen molar-refractivity contribution in [1.82, 2.24) is 0 Å². The number of hydrogen-bond donors (Lipinski definition) is 0. The molecule has 0 radical (unpaired) electrons. The monoisotopic (exact) mass is 504 g/mol. The molecule has 0 saturated carbocycles. The van der Waals surface area contributed by atoms with Gasteiger partial charge in [0.1, 0.15) is 11.3 Å². The van der Waals surface area contributed by atoms with Gasteiger partial charge in [0.25, 0.3) is 21.6 Å². The SMILES string of the molecule is Cc1ccc(C)c(S(=O)(=O)N(C(=O)c2ccc([N+](=O)[O-])cc2)c2ccc3oc4c(c3c2)CCCC4)c1. The second-order valence-electron chi connectivity index (χ2n) is 9.04. The van der Waals surface area contributed by atoms with Gasteiger partial charge in [0.15, 0.2) is 0 Å². The molecule has 0 saturated heterocycles. The number of rotatable bonds is 5. The molecule has 1 aliphatic rings. The van der Waals surface area contributed by atoms with Gasteiger partial charge in [0.2, 0.25) is 0 Å². The molecular formula is C27H24N2O6S. The fourth-order valence-corrected chi connectivity index (χ4v) is 6.39. The van der Waals surface area contributed by atoms with E-state index in [1.807, 2.05) is 0 Å². The molecule has 0 N–H and O–H groups in total. The Balaban J connectivity index is 1.70. The van der Waals surface area contributed by atoms with Gasteiger partial charge in [-0.05, 0) is 80.6 Å². The summed E-state index contributed by atoms with van der Waals surface area (Å²) in [6, 6.07) is 14.9. The Labute approximate surface area is 208 Å². The fourth-order valence-electron chi connectivity index (χ4n) is 4.67. The highest BCUT2D eigenvalue weighted by molar-refractivity contribution is 7.93. The number of furan rings is 1. The van der Waals surface area contributed by atoms with Crippen molar-refractivity contribution in [3.05, 3.63) is 98.8 Å². The Morgan fingerprint density at radius 2 is 1.69 bits per heavy atom. The standard InChI is InChI=1S/C27H24N2O6S/c1-17-7-8-18(2)26(15-17)36(33,34)28(27(30)19-9-11-20(12-10-19)29(31)32)21-13-14-25-23(16-21)22-5-3-4-6-24(22)35-25/h7-16H,3-6H2,1-2H3. The molecule has 4 aromatic rings. The average Bonchev–Trinajstić information content (AvgIpc) is 3.23. The van der Waals surface area contributed by atoms with E-state index in [1.165, 1.54) is 24.3 Å². The molecule has 36 heavy (non-hydrogen) atoms. The molecule has 9 heteroatoms. The molecule has 0 spiro atoms. The summed E-state index contributed by atoms with van der Waals surface area (Å²) in [7, 11) is -4.33. The lowest BCUT2D eigenvalue weighted by molar-refractivity contribution is -0.384. The lowest BCUT2D eigenvalue weighted by Gasteiger charge is -2.24. The third-order valence-electron chi connectivity index (χ3n) is 6.54. The number of nitro benzene ring substituents is 1. The van der Waals surface area contributed by atoms with Gasteiger partial charge in [-0.1, -0.05) is 12.1 Å². The minimum absolute atomic E-state index is 0.0174. The molecule has 0 unspecified atom stereocenters. The number of nitro groups is 1. The van der Waals surface area contributed by atoms with Crippen LogP contribution in [0.15, 0.2) is 70.0 Å². The largest absolute Gasteiger partial charge is 0.461 e. The molecule has 0 fully saturated rings. The summed E-state index contributed by atoms with van der Waals surface area (Å²) >= 11 is 0. The van der Waals surface area contributed by atoms with Crippen molar-refractivity contribution in [3.63, 3.8) is 0 Å². The van der Waals surface area contributed by atoms with Crippen LogP contribution in [0.2, 0.25) is 0 Å². The smallest absolute Gasteiger partial charge is 0.272 e. The summed E-state index contributed by atoms with van der Waals surface area (Å²) in [5, 5.41) is 11.9. The van der Waals surface area contributed by atoms with Crippen LogP contribution in [-0.2, 0) is 22.9 Å². The van der Waals surface area contributed by atoms with Crippen molar-refractivity contribution >= 4 is 38.3 Å². The molecule has 1 aliphatic carbocycles. The van der Waals surface area contributed by atoms with Crippen LogP contribution in [0.1, 0.15) is 45.7 Å². The van der Waals surface area contributed by atoms with E-state index in [-0.39, 0.29) is 21.8 Å². The minimum atomic E-state index is -4.33. The van der Waals surface area contributed by atoms with Crippen molar-refractivity contribution in [2.45, 2.75) is 44.4 Å². The van der Waals surface area contributed by atoms with Crippen LogP contribution >= 0.6 is 0 Å². The number of hydrogen-bond acceptors (Lipinski definition) is 6. The second-order valence-corrected chi connectivity index (χ2v) is 10.8. The maximum atomic E-state index is 14.0. The van der Waals surface area contributed by atoms with E-state index in [1.54, 1.807) is 50.2 Å². The third kappa shape index (κ3) is 4.05. The first-order chi connectivity index (χ1) is 17.2. The number of anilines is 1. The van der Waals surface area contributed by atoms with E-state index >= 15 is 0 Å². The Morgan fingerprint density at radius 1 is 0.972 bits per heavy atom. The molecule has 1 amide bonds. The van der Waals surface area contributed by atoms with Crippen LogP contribution in [0, 0.1) is 24.0 Å². The summed E-state index contributed by atoms with van der Waals surface area (Å²) in [5.41, 5.74) is 2.94. The van der Waals surface area contributed by atoms with Crippen LogP contribution in [0.5, 0.6) is 0 Å². The minimum Gasteiger partial charge on any atom is -0.461 e. The van der Waals surface area contributed by atoms with Gasteiger partial charge in [-0.15, -0.1) is 0 Å². The number of non-ortho nitro benzene ring substituents is 1. The number of carbonyl (C=O) groups is 1. The van der Waals surface area contributed by atoms with E-state index in [2.05, 4.69) is 0 Å². The number of fused-ring (bicyclic) bond motifs is 3. The number of benzene rings is 3. The summed E-state index contributed by atoms with van der Waals surface area (Å²) in [6.45, 7) is 3.46. The molecule has 1 heterocycles. The van der Waals surface area contributed by atoms with Gasteiger partial charge in [-0.25, -0.2) is 8.42 Å². The number of carbonyl (C=O) groups excluding carboxylic acids is 1. The molecule has 1 aromatic heterocycles. The molecule has 0 atom stereocenters. The Kier molecular flexibility index (Phi) is 5.88. The van der Waals surface area contributed by atoms with Gasteiger partial charge < -0.3 is 4.42 Å². The fraction of sp³-hybridized carbons (Fsp3) is 0.222. The van der Waals surface area contributed by atoms with Crippen molar-refractivity contribution in [3.8, 4) is 0 Å². The molecule has 8 nitrogen and oxygen atoms in total. The number of sulfonamides is 1. The zero-order valence-corrected chi connectivity index (χ0v) is 20.7. The summed E-state index contributed by atoms with van der Waals surface area (Å²) in [4.78, 5) is 24.3. The van der Waals surface area contributed by atoms with E-state index < -0.39 is 20.9 Å². The van der Waals surface area contributed by atoms with Crippen LogP contribution < -0.4 is 4.31 Å². The molecule has 5 rings (SSSR count). The zero-order valence-electron chi connectivity index (χ0n) is 19.9. The Morgan fingerprint density at radius 3 is 2.42 bits per heavy atom. The van der Waals surface area contributed by atoms with E-state index in [0.717, 1.165) is 52.3 Å². The number of aryl methyl sites for hydroxylation is 4. The Bertz CT molecular complexity index is 1620. The maximum Gasteiger partial charge on any atom is 0.272 e. The highest BCUT2D eigenvalue weighted by Crippen LogP contribution is 2.36. The van der Waals surface area contributed by atoms with Crippen LogP contribution in [-0.4, -0.2) is 19.2 Å². The highest BCUT2D eigenvalue weighted by atomic mass is 32.2. The quantitative estimate of drug-likeness (QED) is 0.248. The Hall–Kier alpha value is -3.98. The van der Waals surface area contributed by atoms with E-state index in [9.17, 15) is 23.3 Å². The molecule has 0 bridgehead atoms. The van der Waals surface area contributed by atoms with Crippen LogP contribution in [0.4, 0.5) is 11.4 Å². The van der Waals surface area contributed by atoms with Crippen molar-refractivity contribution in [2.24, 2.45) is 0 Å². The van der Waals surface area contributed by atoms with Crippen LogP contribution in [0.25, 0.3) is 11.0 Å². The molecule has 184 valence electrons. The number of amides is 1. The van der Waals surface area contributed by atoms with Crippen molar-refractivity contribution < 1.29 is 22.6 Å². The van der Waals surface area contributed by atoms with Gasteiger partial charge in [-0.3, -0.25) is 14.9 Å². The first-order valence-electron chi connectivity index (χ1n) is 11.6. The lowest BCUT2D eigenvalue weighted by Crippen LogP contribution is -2.37. The van der Waals surface area contributed by atoms with Gasteiger partial charge in [0, 0.05) is 35.1 Å². The summed E-state index contributed by atoms with van der Waals surface area (Å²) in [5.74, 6) is 0.0987. The van der Waals surface area contributed by atoms with Crippen LogP contribution in [0.3, 0.4) is 0 Å². The third-order valence-corrected chi connectivity index (χ3v) is 8.40. The van der Waals surface area contributed by atoms with Gasteiger partial charge in [0.05, 0.1) is 15.5 Å². The average molecular weight is 505 g/mol. The number of nitrogens with zero attached hydrogens (tertiary/aromatic N) is 2. The second kappa shape index (κ2) is 8.91. The first kappa shape index (κ1) is 23.7. The maximum absolute atomic E-state index is 14.0. The van der Waals surface area contributed by atoms with Crippen molar-refractivity contribution in [2.75, 3.05) is 4.31 Å². The lowest BCUT2D eigenvalue weighted by atomic mass is 9.96. The van der Waals surface area contributed by atoms with E-state index in [0.29, 0.717) is 11.1 Å². The molecule has 3 aromatic carbocycles. The predicted octanol–water partition coefficient (Wildman–Crippen LogP) is 5.87. The summed E-state index contributed by atoms with van der Waals surface area (Å²) in [6.07, 6.45) is 3.70. The van der Waals surface area contributed by atoms with Gasteiger partial charge >= 0.3 is 0 Å².